The Morgan fingerprint density at radius 1 is 1.20 bits per heavy atom. The molecule has 2 aliphatic rings. The average Bonchev–Trinajstić information content (AvgIpc) is 2.78. The lowest BCUT2D eigenvalue weighted by molar-refractivity contribution is -0.129. The number of benzene rings is 2. The van der Waals surface area contributed by atoms with Crippen LogP contribution in [0.5, 0.6) is 11.5 Å². The fourth-order valence-corrected chi connectivity index (χ4v) is 4.96. The normalized spacial score (nSPS) is 18.7. The highest BCUT2D eigenvalue weighted by Gasteiger charge is 2.39. The molecule has 0 unspecified atom stereocenters. The van der Waals surface area contributed by atoms with Crippen molar-refractivity contribution in [1.82, 2.24) is 4.90 Å². The van der Waals surface area contributed by atoms with Crippen LogP contribution in [0, 0.1) is 17.1 Å². The molecule has 0 spiro atoms. The molecule has 0 aromatic heterocycles. The monoisotopic (exact) mass is 425 g/mol. The number of carbonyl (C=O) groups is 1. The van der Waals surface area contributed by atoms with Crippen molar-refractivity contribution in [2.45, 2.75) is 12.3 Å². The Labute approximate surface area is 178 Å². The highest BCUT2D eigenvalue weighted by atomic mass is 32.2. The van der Waals surface area contributed by atoms with Crippen LogP contribution in [0.1, 0.15) is 17.9 Å². The number of allylic oxidation sites excluding steroid dienone is 1. The second-order valence-corrected chi connectivity index (χ2v) is 7.86. The summed E-state index contributed by atoms with van der Waals surface area (Å²) in [6.07, 6.45) is 0.127. The van der Waals surface area contributed by atoms with Crippen molar-refractivity contribution in [3.05, 3.63) is 64.4 Å². The molecule has 0 aliphatic carbocycles. The number of ether oxygens (including phenoxy) is 2. The predicted molar refractivity (Wildman–Crippen MR) is 113 cm³/mol. The maximum atomic E-state index is 14.2. The smallest absolute Gasteiger partial charge is 0.229 e. The van der Waals surface area contributed by atoms with Crippen molar-refractivity contribution in [3.63, 3.8) is 0 Å². The van der Waals surface area contributed by atoms with Crippen molar-refractivity contribution < 1.29 is 18.7 Å². The van der Waals surface area contributed by atoms with Gasteiger partial charge in [-0.2, -0.15) is 5.26 Å². The summed E-state index contributed by atoms with van der Waals surface area (Å²) in [6, 6.07) is 14.1. The summed E-state index contributed by atoms with van der Waals surface area (Å²) < 4.78 is 25.0. The number of amides is 1. The summed E-state index contributed by atoms with van der Waals surface area (Å²) in [6.45, 7) is 0.204. The van der Waals surface area contributed by atoms with Gasteiger partial charge in [0.2, 0.25) is 5.91 Å². The average molecular weight is 425 g/mol. The molecule has 0 saturated carbocycles. The van der Waals surface area contributed by atoms with Crippen LogP contribution in [0.25, 0.3) is 0 Å². The van der Waals surface area contributed by atoms with Crippen molar-refractivity contribution in [2.75, 3.05) is 31.7 Å². The van der Waals surface area contributed by atoms with Gasteiger partial charge >= 0.3 is 0 Å². The first kappa shape index (κ1) is 20.1. The molecular formula is C22H20FN3O3S. The quantitative estimate of drug-likeness (QED) is 0.736. The molecule has 6 nitrogen and oxygen atoms in total. The van der Waals surface area contributed by atoms with Gasteiger partial charge in [0.15, 0.2) is 0 Å². The molecule has 0 bridgehead atoms. The van der Waals surface area contributed by atoms with Gasteiger partial charge in [0, 0.05) is 17.9 Å². The molecule has 30 heavy (non-hydrogen) atoms. The van der Waals surface area contributed by atoms with E-state index in [1.807, 2.05) is 6.07 Å². The Kier molecular flexibility index (Phi) is 5.55. The molecule has 4 rings (SSSR count). The van der Waals surface area contributed by atoms with Gasteiger partial charge in [-0.1, -0.05) is 23.9 Å². The number of nitriles is 1. The highest BCUT2D eigenvalue weighted by molar-refractivity contribution is 8.03. The lowest BCUT2D eigenvalue weighted by Crippen LogP contribution is -2.47. The molecule has 1 fully saturated rings. The molecular weight excluding hydrogens is 405 g/mol. The zero-order chi connectivity index (χ0) is 21.3. The van der Waals surface area contributed by atoms with Crippen LogP contribution in [0.3, 0.4) is 0 Å². The van der Waals surface area contributed by atoms with E-state index in [4.69, 9.17) is 9.47 Å². The lowest BCUT2D eigenvalue weighted by atomic mass is 9.86. The van der Waals surface area contributed by atoms with E-state index in [0.29, 0.717) is 33.7 Å². The zero-order valence-corrected chi connectivity index (χ0v) is 17.4. The van der Waals surface area contributed by atoms with E-state index < -0.39 is 5.92 Å². The fraction of sp³-hybridized carbons (Fsp3) is 0.273. The van der Waals surface area contributed by atoms with Crippen LogP contribution in [0.4, 0.5) is 10.1 Å². The van der Waals surface area contributed by atoms with Crippen LogP contribution in [-0.4, -0.2) is 37.6 Å². The molecule has 2 aromatic rings. The fourth-order valence-electron chi connectivity index (χ4n) is 3.80. The summed E-state index contributed by atoms with van der Waals surface area (Å²) >= 11 is 1.37. The Morgan fingerprint density at radius 2 is 2.00 bits per heavy atom. The number of para-hydroxylation sites is 1. The lowest BCUT2D eigenvalue weighted by Gasteiger charge is -2.42. The van der Waals surface area contributed by atoms with Gasteiger partial charge in [-0.05, 0) is 30.3 Å². The zero-order valence-electron chi connectivity index (χ0n) is 16.6. The molecule has 8 heteroatoms. The van der Waals surface area contributed by atoms with E-state index in [2.05, 4.69) is 6.07 Å². The van der Waals surface area contributed by atoms with Crippen LogP contribution in [0.15, 0.2) is 53.1 Å². The second-order valence-electron chi connectivity index (χ2n) is 6.92. The number of methoxy groups -OCH3 is 2. The molecule has 2 aliphatic heterocycles. The number of nitrogens with zero attached hydrogens (tertiary/aromatic N) is 3. The summed E-state index contributed by atoms with van der Waals surface area (Å²) in [5.74, 6) is 0.787. The number of rotatable bonds is 4. The third-order valence-electron chi connectivity index (χ3n) is 5.30. The number of thioether (sulfide) groups is 1. The summed E-state index contributed by atoms with van der Waals surface area (Å²) in [5, 5.41) is 10.6. The Hall–Kier alpha value is -3.18. The molecule has 0 radical (unpaired) electrons. The number of anilines is 1. The van der Waals surface area contributed by atoms with Crippen LogP contribution >= 0.6 is 11.8 Å². The van der Waals surface area contributed by atoms with E-state index >= 15 is 0 Å². The minimum absolute atomic E-state index is 0.118. The minimum Gasteiger partial charge on any atom is -0.497 e. The van der Waals surface area contributed by atoms with Gasteiger partial charge in [-0.25, -0.2) is 4.39 Å². The first-order valence-corrected chi connectivity index (χ1v) is 10.3. The third-order valence-corrected chi connectivity index (χ3v) is 6.45. The molecule has 2 heterocycles. The van der Waals surface area contributed by atoms with Gasteiger partial charge in [0.05, 0.1) is 49.1 Å². The predicted octanol–water partition coefficient (Wildman–Crippen LogP) is 4.06. The number of carbonyl (C=O) groups excluding carboxylic acids is 1. The van der Waals surface area contributed by atoms with Crippen molar-refractivity contribution in [1.29, 1.82) is 5.26 Å². The van der Waals surface area contributed by atoms with Crippen molar-refractivity contribution in [2.24, 2.45) is 0 Å². The van der Waals surface area contributed by atoms with E-state index in [-0.39, 0.29) is 24.8 Å². The standard InChI is InChI=1S/C22H20FN3O3S/c1-28-14-7-8-20(29-2)16(9-14)15-10-21(27)26-12-25(13-30-22(26)17(15)11-24)19-6-4-3-5-18(19)23/h3-9,15H,10,12-13H2,1-2H3/t15-/m1/s1. The SMILES string of the molecule is COc1ccc(OC)c([C@H]2CC(=O)N3CN(c4ccccc4F)CSC3=C2C#N)c1. The van der Waals surface area contributed by atoms with Gasteiger partial charge in [-0.15, -0.1) is 0 Å². The summed E-state index contributed by atoms with van der Waals surface area (Å²) in [7, 11) is 3.13. The van der Waals surface area contributed by atoms with Crippen LogP contribution in [0.2, 0.25) is 0 Å². The van der Waals surface area contributed by atoms with E-state index in [1.165, 1.54) is 17.8 Å². The summed E-state index contributed by atoms with van der Waals surface area (Å²) in [5.41, 5.74) is 1.69. The molecule has 0 N–H and O–H groups in total. The number of fused-ring (bicyclic) bond motifs is 1. The molecule has 1 amide bonds. The molecule has 154 valence electrons. The number of hydrogen-bond acceptors (Lipinski definition) is 6. The molecule has 1 atom stereocenters. The third kappa shape index (κ3) is 3.46. The molecule has 1 saturated heterocycles. The first-order chi connectivity index (χ1) is 14.6. The van der Waals surface area contributed by atoms with Gasteiger partial charge < -0.3 is 14.4 Å². The topological polar surface area (TPSA) is 65.8 Å². The summed E-state index contributed by atoms with van der Waals surface area (Å²) in [4.78, 5) is 16.4. The minimum atomic E-state index is -0.425. The van der Waals surface area contributed by atoms with Crippen molar-refractivity contribution in [3.8, 4) is 17.6 Å². The maximum Gasteiger partial charge on any atom is 0.229 e. The van der Waals surface area contributed by atoms with Gasteiger partial charge in [0.1, 0.15) is 17.3 Å². The Balaban J connectivity index is 1.72. The second kappa shape index (κ2) is 8.28. The van der Waals surface area contributed by atoms with Gasteiger partial charge in [0.25, 0.3) is 0 Å². The Morgan fingerprint density at radius 3 is 2.70 bits per heavy atom. The number of hydrogen-bond donors (Lipinski definition) is 0. The first-order valence-electron chi connectivity index (χ1n) is 9.36. The van der Waals surface area contributed by atoms with E-state index in [0.717, 1.165) is 5.56 Å². The largest absolute Gasteiger partial charge is 0.497 e. The molecule has 2 aromatic carbocycles. The van der Waals surface area contributed by atoms with Crippen LogP contribution < -0.4 is 14.4 Å². The van der Waals surface area contributed by atoms with Crippen molar-refractivity contribution >= 4 is 23.4 Å². The Bertz CT molecular complexity index is 1070. The number of halogens is 1. The maximum absolute atomic E-state index is 14.2. The highest BCUT2D eigenvalue weighted by Crippen LogP contribution is 2.46. The van der Waals surface area contributed by atoms with Crippen LogP contribution in [-0.2, 0) is 4.79 Å². The van der Waals surface area contributed by atoms with E-state index in [9.17, 15) is 14.4 Å². The van der Waals surface area contributed by atoms with Gasteiger partial charge in [-0.3, -0.25) is 9.69 Å². The van der Waals surface area contributed by atoms with E-state index in [1.54, 1.807) is 54.4 Å².